The van der Waals surface area contributed by atoms with Gasteiger partial charge in [0, 0.05) is 21.8 Å². The third kappa shape index (κ3) is 5.27. The van der Waals surface area contributed by atoms with Crippen LogP contribution in [0.15, 0.2) is 76.5 Å². The molecular formula is C21H19ClN2O4S2. The molecule has 30 heavy (non-hydrogen) atoms. The van der Waals surface area contributed by atoms with Gasteiger partial charge in [0.05, 0.1) is 12.1 Å². The summed E-state index contributed by atoms with van der Waals surface area (Å²) in [7, 11) is -2.49. The molecule has 2 N–H and O–H groups in total. The highest BCUT2D eigenvalue weighted by Crippen LogP contribution is 2.27. The zero-order chi connectivity index (χ0) is 21.7. The normalized spacial score (nSPS) is 11.0. The molecule has 0 heterocycles. The van der Waals surface area contributed by atoms with E-state index >= 15 is 0 Å². The van der Waals surface area contributed by atoms with Crippen molar-refractivity contribution in [3.8, 4) is 5.75 Å². The Bertz CT molecular complexity index is 1170. The number of thioether (sulfide) groups is 1. The number of halogens is 1. The SMILES string of the molecule is COc1ccc(NS(=O)(=O)c2cc(C(=O)Nc3cccc(SC)c3)ccc2Cl)cc1. The Morgan fingerprint density at radius 2 is 1.73 bits per heavy atom. The van der Waals surface area contributed by atoms with Crippen LogP contribution >= 0.6 is 23.4 Å². The summed E-state index contributed by atoms with van der Waals surface area (Å²) in [5.74, 6) is 0.158. The van der Waals surface area contributed by atoms with Crippen molar-refractivity contribution in [2.24, 2.45) is 0 Å². The van der Waals surface area contributed by atoms with Gasteiger partial charge in [0.15, 0.2) is 0 Å². The van der Waals surface area contributed by atoms with Crippen LogP contribution in [0.5, 0.6) is 5.75 Å². The molecule has 9 heteroatoms. The van der Waals surface area contributed by atoms with E-state index in [0.717, 1.165) is 4.90 Å². The Labute approximate surface area is 184 Å². The number of amides is 1. The second-order valence-corrected chi connectivity index (χ2v) is 9.10. The van der Waals surface area contributed by atoms with Crippen molar-refractivity contribution >= 4 is 50.7 Å². The van der Waals surface area contributed by atoms with Gasteiger partial charge in [-0.25, -0.2) is 8.42 Å². The van der Waals surface area contributed by atoms with E-state index in [1.165, 1.54) is 25.3 Å². The second kappa shape index (κ2) is 9.42. The average Bonchev–Trinajstić information content (AvgIpc) is 2.74. The summed E-state index contributed by atoms with van der Waals surface area (Å²) in [6.07, 6.45) is 1.94. The molecule has 0 saturated carbocycles. The Balaban J connectivity index is 1.85. The second-order valence-electron chi connectivity index (χ2n) is 6.17. The lowest BCUT2D eigenvalue weighted by Gasteiger charge is -2.12. The maximum Gasteiger partial charge on any atom is 0.263 e. The van der Waals surface area contributed by atoms with Gasteiger partial charge in [-0.15, -0.1) is 11.8 Å². The molecule has 0 radical (unpaired) electrons. The maximum absolute atomic E-state index is 12.8. The number of rotatable bonds is 7. The van der Waals surface area contributed by atoms with Crippen LogP contribution < -0.4 is 14.8 Å². The van der Waals surface area contributed by atoms with Crippen molar-refractivity contribution < 1.29 is 17.9 Å². The summed E-state index contributed by atoms with van der Waals surface area (Å²) >= 11 is 7.68. The molecule has 0 saturated heterocycles. The fourth-order valence-electron chi connectivity index (χ4n) is 2.62. The molecule has 3 aromatic rings. The summed E-state index contributed by atoms with van der Waals surface area (Å²) in [6.45, 7) is 0. The van der Waals surface area contributed by atoms with Crippen molar-refractivity contribution in [2.75, 3.05) is 23.4 Å². The van der Waals surface area contributed by atoms with Crippen LogP contribution in [0.3, 0.4) is 0 Å². The van der Waals surface area contributed by atoms with Gasteiger partial charge >= 0.3 is 0 Å². The number of benzene rings is 3. The lowest BCUT2D eigenvalue weighted by atomic mass is 10.2. The maximum atomic E-state index is 12.8. The molecule has 0 unspecified atom stereocenters. The lowest BCUT2D eigenvalue weighted by Crippen LogP contribution is -2.16. The topological polar surface area (TPSA) is 84.5 Å². The summed E-state index contributed by atoms with van der Waals surface area (Å²) in [5, 5.41) is 2.78. The van der Waals surface area contributed by atoms with Gasteiger partial charge in [-0.05, 0) is 66.9 Å². The van der Waals surface area contributed by atoms with Crippen LogP contribution in [0.4, 0.5) is 11.4 Å². The minimum absolute atomic E-state index is 0.0111. The number of methoxy groups -OCH3 is 1. The minimum atomic E-state index is -4.01. The highest BCUT2D eigenvalue weighted by atomic mass is 35.5. The molecule has 0 aliphatic rings. The number of nitrogens with one attached hydrogen (secondary N) is 2. The minimum Gasteiger partial charge on any atom is -0.497 e. The molecule has 6 nitrogen and oxygen atoms in total. The molecule has 0 bridgehead atoms. The van der Waals surface area contributed by atoms with Crippen molar-refractivity contribution in [3.05, 3.63) is 77.3 Å². The number of carbonyl (C=O) groups is 1. The zero-order valence-corrected chi connectivity index (χ0v) is 18.6. The smallest absolute Gasteiger partial charge is 0.263 e. The summed E-state index contributed by atoms with van der Waals surface area (Å²) in [5.41, 5.74) is 1.13. The predicted octanol–water partition coefficient (Wildman–Crippen LogP) is 5.12. The quantitative estimate of drug-likeness (QED) is 0.476. The van der Waals surface area contributed by atoms with Gasteiger partial charge < -0.3 is 10.1 Å². The van der Waals surface area contributed by atoms with Crippen molar-refractivity contribution in [2.45, 2.75) is 9.79 Å². The van der Waals surface area contributed by atoms with Crippen LogP contribution in [-0.2, 0) is 10.0 Å². The molecule has 3 rings (SSSR count). The Hall–Kier alpha value is -2.68. The van der Waals surface area contributed by atoms with Crippen molar-refractivity contribution in [1.82, 2.24) is 0 Å². The Morgan fingerprint density at radius 1 is 1.00 bits per heavy atom. The molecule has 0 spiro atoms. The molecule has 0 aliphatic carbocycles. The van der Waals surface area contributed by atoms with E-state index < -0.39 is 15.9 Å². The number of hydrogen-bond donors (Lipinski definition) is 2. The van der Waals surface area contributed by atoms with Gasteiger partial charge in [0.25, 0.3) is 15.9 Å². The van der Waals surface area contributed by atoms with Gasteiger partial charge in [-0.3, -0.25) is 9.52 Å². The van der Waals surface area contributed by atoms with Gasteiger partial charge in [-0.1, -0.05) is 17.7 Å². The van der Waals surface area contributed by atoms with Crippen LogP contribution in [0.25, 0.3) is 0 Å². The van der Waals surface area contributed by atoms with E-state index in [1.807, 2.05) is 24.5 Å². The number of hydrogen-bond acceptors (Lipinski definition) is 5. The summed E-state index contributed by atoms with van der Waals surface area (Å²) in [4.78, 5) is 13.4. The third-order valence-electron chi connectivity index (χ3n) is 4.15. The first-order chi connectivity index (χ1) is 14.3. The zero-order valence-electron chi connectivity index (χ0n) is 16.2. The largest absolute Gasteiger partial charge is 0.497 e. The summed E-state index contributed by atoms with van der Waals surface area (Å²) in [6, 6.07) is 17.9. The highest BCUT2D eigenvalue weighted by molar-refractivity contribution is 7.98. The molecule has 156 valence electrons. The number of anilines is 2. The van der Waals surface area contributed by atoms with E-state index in [4.69, 9.17) is 16.3 Å². The van der Waals surface area contributed by atoms with E-state index in [9.17, 15) is 13.2 Å². The number of sulfonamides is 1. The number of ether oxygens (including phenoxy) is 1. The molecule has 0 aliphatic heterocycles. The fraction of sp³-hybridized carbons (Fsp3) is 0.0952. The van der Waals surface area contributed by atoms with Crippen LogP contribution in [0.2, 0.25) is 5.02 Å². The Morgan fingerprint density at radius 3 is 2.40 bits per heavy atom. The molecule has 0 atom stereocenters. The van der Waals surface area contributed by atoms with E-state index in [1.54, 1.807) is 42.1 Å². The van der Waals surface area contributed by atoms with Crippen LogP contribution in [-0.4, -0.2) is 27.7 Å². The monoisotopic (exact) mass is 462 g/mol. The van der Waals surface area contributed by atoms with Crippen LogP contribution in [0.1, 0.15) is 10.4 Å². The standard InChI is InChI=1S/C21H19ClN2O4S2/c1-28-17-9-7-15(8-10-17)24-30(26,27)20-12-14(6-11-19(20)22)21(25)23-16-4-3-5-18(13-16)29-2/h3-13,24H,1-2H3,(H,23,25). The highest BCUT2D eigenvalue weighted by Gasteiger charge is 2.20. The van der Waals surface area contributed by atoms with Crippen LogP contribution in [0, 0.1) is 0 Å². The molecule has 0 fully saturated rings. The van der Waals surface area contributed by atoms with Gasteiger partial charge in [-0.2, -0.15) is 0 Å². The molecular weight excluding hydrogens is 444 g/mol. The van der Waals surface area contributed by atoms with E-state index in [-0.39, 0.29) is 15.5 Å². The van der Waals surface area contributed by atoms with Crippen molar-refractivity contribution in [1.29, 1.82) is 0 Å². The predicted molar refractivity (Wildman–Crippen MR) is 121 cm³/mol. The van der Waals surface area contributed by atoms with E-state index in [0.29, 0.717) is 17.1 Å². The van der Waals surface area contributed by atoms with E-state index in [2.05, 4.69) is 10.0 Å². The first-order valence-corrected chi connectivity index (χ1v) is 11.8. The lowest BCUT2D eigenvalue weighted by molar-refractivity contribution is 0.102. The van der Waals surface area contributed by atoms with Gasteiger partial charge in [0.1, 0.15) is 10.6 Å². The first kappa shape index (κ1) is 22.0. The summed E-state index contributed by atoms with van der Waals surface area (Å²) < 4.78 is 33.2. The average molecular weight is 463 g/mol. The van der Waals surface area contributed by atoms with Gasteiger partial charge in [0.2, 0.25) is 0 Å². The fourth-order valence-corrected chi connectivity index (χ4v) is 4.67. The third-order valence-corrected chi connectivity index (χ3v) is 6.74. The van der Waals surface area contributed by atoms with Crippen molar-refractivity contribution in [3.63, 3.8) is 0 Å². The first-order valence-electron chi connectivity index (χ1n) is 8.74. The molecule has 3 aromatic carbocycles. The molecule has 1 amide bonds. The Kier molecular flexibility index (Phi) is 6.91. The molecule has 0 aromatic heterocycles. The number of carbonyl (C=O) groups excluding carboxylic acids is 1.